The molecule has 0 rings (SSSR count). The summed E-state index contributed by atoms with van der Waals surface area (Å²) in [6.45, 7) is 3.92. The maximum absolute atomic E-state index is 9.21. The Morgan fingerprint density at radius 3 is 1.80 bits per heavy atom. The molecule has 1 N–H and O–H groups in total. The van der Waals surface area contributed by atoms with Crippen LogP contribution in [0.3, 0.4) is 0 Å². The molecule has 0 saturated carbocycles. The first-order valence-corrected chi connectivity index (χ1v) is 3.71. The Morgan fingerprint density at radius 2 is 1.50 bits per heavy atom. The summed E-state index contributed by atoms with van der Waals surface area (Å²) in [6, 6.07) is 0. The van der Waals surface area contributed by atoms with Gasteiger partial charge in [0.15, 0.2) is 0 Å². The van der Waals surface area contributed by atoms with Crippen molar-refractivity contribution < 1.29 is 5.11 Å². The summed E-state index contributed by atoms with van der Waals surface area (Å²) >= 11 is 0. The molecule has 0 aromatic heterocycles. The maximum atomic E-state index is 9.21. The van der Waals surface area contributed by atoms with Gasteiger partial charge >= 0.3 is 0 Å². The molecule has 0 aromatic rings. The van der Waals surface area contributed by atoms with Crippen molar-refractivity contribution in [3.05, 3.63) is 24.3 Å². The molecule has 10 heavy (non-hydrogen) atoms. The van der Waals surface area contributed by atoms with Crippen LogP contribution >= 0.6 is 0 Å². The molecule has 0 saturated heterocycles. The van der Waals surface area contributed by atoms with Gasteiger partial charge < -0.3 is 5.11 Å². The second-order valence-electron chi connectivity index (χ2n) is 2.26. The Labute approximate surface area is 63.1 Å². The number of rotatable bonds is 4. The minimum Gasteiger partial charge on any atom is -0.392 e. The van der Waals surface area contributed by atoms with Crippen molar-refractivity contribution in [3.8, 4) is 0 Å². The summed E-state index contributed by atoms with van der Waals surface area (Å²) in [5, 5.41) is 9.21. The molecule has 0 heterocycles. The van der Waals surface area contributed by atoms with Crippen molar-refractivity contribution in [2.45, 2.75) is 32.8 Å². The molecule has 1 nitrogen and oxygen atoms in total. The van der Waals surface area contributed by atoms with Gasteiger partial charge in [0.1, 0.15) is 0 Å². The van der Waals surface area contributed by atoms with E-state index in [2.05, 4.69) is 0 Å². The third kappa shape index (κ3) is 5.57. The first kappa shape index (κ1) is 9.44. The van der Waals surface area contributed by atoms with Crippen LogP contribution in [0.1, 0.15) is 26.7 Å². The van der Waals surface area contributed by atoms with Crippen LogP contribution in [0, 0.1) is 0 Å². The molecule has 0 spiro atoms. The van der Waals surface area contributed by atoms with Gasteiger partial charge in [-0.3, -0.25) is 0 Å². The normalized spacial score (nSPS) is 12.4. The number of aliphatic hydroxyl groups is 1. The zero-order valence-corrected chi connectivity index (χ0v) is 6.75. The molecule has 0 amide bonds. The first-order chi connectivity index (χ1) is 4.81. The summed E-state index contributed by atoms with van der Waals surface area (Å²) in [5.74, 6) is 0. The van der Waals surface area contributed by atoms with E-state index in [0.29, 0.717) is 0 Å². The van der Waals surface area contributed by atoms with Crippen molar-refractivity contribution in [1.82, 2.24) is 0 Å². The zero-order chi connectivity index (χ0) is 7.82. The fourth-order valence-electron chi connectivity index (χ4n) is 0.683. The lowest BCUT2D eigenvalue weighted by Gasteiger charge is -2.01. The van der Waals surface area contributed by atoms with Gasteiger partial charge in [-0.25, -0.2) is 0 Å². The van der Waals surface area contributed by atoms with Gasteiger partial charge in [-0.05, 0) is 26.7 Å². The molecule has 1 heteroatoms. The SMILES string of the molecule is C/C=C/CC(O)C/C=C/C. The standard InChI is InChI=1S/C9H16O/c1-3-5-7-9(10)8-6-4-2/h3-6,9-10H,7-8H2,1-2H3/b5-3+,6-4+. The highest BCUT2D eigenvalue weighted by atomic mass is 16.3. The van der Waals surface area contributed by atoms with E-state index in [1.165, 1.54) is 0 Å². The Balaban J connectivity index is 3.33. The summed E-state index contributed by atoms with van der Waals surface area (Å²) in [4.78, 5) is 0. The van der Waals surface area contributed by atoms with E-state index >= 15 is 0 Å². The minimum absolute atomic E-state index is 0.201. The number of aliphatic hydroxyl groups excluding tert-OH is 1. The van der Waals surface area contributed by atoms with E-state index in [1.807, 2.05) is 38.2 Å². The fourth-order valence-corrected chi connectivity index (χ4v) is 0.683. The highest BCUT2D eigenvalue weighted by Crippen LogP contribution is 1.99. The lowest BCUT2D eigenvalue weighted by Crippen LogP contribution is -2.01. The van der Waals surface area contributed by atoms with Crippen molar-refractivity contribution in [3.63, 3.8) is 0 Å². The fraction of sp³-hybridized carbons (Fsp3) is 0.556. The molecule has 0 aliphatic carbocycles. The van der Waals surface area contributed by atoms with Crippen molar-refractivity contribution in [2.75, 3.05) is 0 Å². The number of hydrogen-bond donors (Lipinski definition) is 1. The maximum Gasteiger partial charge on any atom is 0.0609 e. The third-order valence-electron chi connectivity index (χ3n) is 1.29. The summed E-state index contributed by atoms with van der Waals surface area (Å²) in [6.07, 6.45) is 9.20. The molecule has 0 atom stereocenters. The van der Waals surface area contributed by atoms with Crippen molar-refractivity contribution in [2.24, 2.45) is 0 Å². The monoisotopic (exact) mass is 140 g/mol. The van der Waals surface area contributed by atoms with Crippen molar-refractivity contribution in [1.29, 1.82) is 0 Å². The lowest BCUT2D eigenvalue weighted by molar-refractivity contribution is 0.181. The van der Waals surface area contributed by atoms with Crippen LogP contribution in [0.4, 0.5) is 0 Å². The summed E-state index contributed by atoms with van der Waals surface area (Å²) in [5.41, 5.74) is 0. The molecule has 0 bridgehead atoms. The van der Waals surface area contributed by atoms with Crippen LogP contribution in [-0.4, -0.2) is 11.2 Å². The van der Waals surface area contributed by atoms with Crippen LogP contribution in [0.5, 0.6) is 0 Å². The highest BCUT2D eigenvalue weighted by molar-refractivity contribution is 4.85. The molecule has 0 unspecified atom stereocenters. The zero-order valence-electron chi connectivity index (χ0n) is 6.75. The van der Waals surface area contributed by atoms with E-state index in [9.17, 15) is 5.11 Å². The van der Waals surface area contributed by atoms with Gasteiger partial charge in [0.25, 0.3) is 0 Å². The van der Waals surface area contributed by atoms with E-state index in [-0.39, 0.29) is 6.10 Å². The van der Waals surface area contributed by atoms with E-state index in [1.54, 1.807) is 0 Å². The quantitative estimate of drug-likeness (QED) is 0.594. The van der Waals surface area contributed by atoms with Gasteiger partial charge in [-0.15, -0.1) is 0 Å². The van der Waals surface area contributed by atoms with E-state index in [4.69, 9.17) is 0 Å². The first-order valence-electron chi connectivity index (χ1n) is 3.71. The molecule has 0 fully saturated rings. The van der Waals surface area contributed by atoms with Crippen LogP contribution < -0.4 is 0 Å². The average molecular weight is 140 g/mol. The number of hydrogen-bond acceptors (Lipinski definition) is 1. The van der Waals surface area contributed by atoms with E-state index in [0.717, 1.165) is 12.8 Å². The largest absolute Gasteiger partial charge is 0.392 e. The smallest absolute Gasteiger partial charge is 0.0609 e. The summed E-state index contributed by atoms with van der Waals surface area (Å²) < 4.78 is 0. The van der Waals surface area contributed by atoms with Crippen LogP contribution in [0.2, 0.25) is 0 Å². The predicted molar refractivity (Wildman–Crippen MR) is 44.9 cm³/mol. The van der Waals surface area contributed by atoms with Gasteiger partial charge in [0.2, 0.25) is 0 Å². The third-order valence-corrected chi connectivity index (χ3v) is 1.29. The molecular formula is C9H16O. The molecule has 0 aromatic carbocycles. The van der Waals surface area contributed by atoms with Crippen molar-refractivity contribution >= 4 is 0 Å². The van der Waals surface area contributed by atoms with Crippen LogP contribution in [0.25, 0.3) is 0 Å². The van der Waals surface area contributed by atoms with E-state index < -0.39 is 0 Å². The van der Waals surface area contributed by atoms with Gasteiger partial charge in [0.05, 0.1) is 6.10 Å². The predicted octanol–water partition coefficient (Wildman–Crippen LogP) is 2.28. The Morgan fingerprint density at radius 1 is 1.10 bits per heavy atom. The molecule has 58 valence electrons. The second kappa shape index (κ2) is 6.56. The molecule has 0 aliphatic heterocycles. The van der Waals surface area contributed by atoms with Gasteiger partial charge in [0, 0.05) is 0 Å². The number of allylic oxidation sites excluding steroid dienone is 2. The molecule has 0 aliphatic rings. The second-order valence-corrected chi connectivity index (χ2v) is 2.26. The Hall–Kier alpha value is -0.560. The lowest BCUT2D eigenvalue weighted by atomic mass is 10.2. The minimum atomic E-state index is -0.201. The molecule has 0 radical (unpaired) electrons. The Bertz CT molecular complexity index is 99.9. The van der Waals surface area contributed by atoms with Gasteiger partial charge in [-0.1, -0.05) is 24.3 Å². The Kier molecular flexibility index (Phi) is 6.19. The van der Waals surface area contributed by atoms with Crippen LogP contribution in [-0.2, 0) is 0 Å². The average Bonchev–Trinajstić information content (AvgIpc) is 1.97. The van der Waals surface area contributed by atoms with Gasteiger partial charge in [-0.2, -0.15) is 0 Å². The topological polar surface area (TPSA) is 20.2 Å². The molecular weight excluding hydrogens is 124 g/mol. The van der Waals surface area contributed by atoms with Crippen LogP contribution in [0.15, 0.2) is 24.3 Å². The summed E-state index contributed by atoms with van der Waals surface area (Å²) in [7, 11) is 0. The highest BCUT2D eigenvalue weighted by Gasteiger charge is 1.95.